The smallest absolute Gasteiger partial charge is 0.318 e. The average Bonchev–Trinajstić information content (AvgIpc) is 3.11. The van der Waals surface area contributed by atoms with Gasteiger partial charge in [0, 0.05) is 18.7 Å². The van der Waals surface area contributed by atoms with E-state index in [2.05, 4.69) is 10.5 Å². The molecule has 0 bridgehead atoms. The van der Waals surface area contributed by atoms with E-state index < -0.39 is 0 Å². The molecule has 0 saturated heterocycles. The molecule has 6 heteroatoms. The molecule has 3 rings (SSSR count). The quantitative estimate of drug-likeness (QED) is 0.740. The highest BCUT2D eigenvalue weighted by Crippen LogP contribution is 2.19. The third-order valence-electron chi connectivity index (χ3n) is 4.08. The number of rotatable bonds is 5. The SMILES string of the molecule is C[C@@H](NC(=O)N(C)Cc1cc(-c2ccccc2)no1)c1ccc(F)cc1. The van der Waals surface area contributed by atoms with E-state index in [4.69, 9.17) is 4.52 Å². The van der Waals surface area contributed by atoms with Crippen molar-refractivity contribution in [1.29, 1.82) is 0 Å². The molecular formula is C20H20FN3O2. The van der Waals surface area contributed by atoms with Gasteiger partial charge in [0.15, 0.2) is 5.76 Å². The van der Waals surface area contributed by atoms with Crippen molar-refractivity contribution in [2.45, 2.75) is 19.5 Å². The molecule has 0 saturated carbocycles. The van der Waals surface area contributed by atoms with Gasteiger partial charge in [0.05, 0.1) is 12.6 Å². The maximum absolute atomic E-state index is 13.0. The third-order valence-corrected chi connectivity index (χ3v) is 4.08. The van der Waals surface area contributed by atoms with Gasteiger partial charge in [-0.05, 0) is 24.6 Å². The molecule has 5 nitrogen and oxygen atoms in total. The van der Waals surface area contributed by atoms with E-state index in [0.29, 0.717) is 12.3 Å². The van der Waals surface area contributed by atoms with E-state index in [1.54, 1.807) is 19.2 Å². The molecule has 0 radical (unpaired) electrons. The van der Waals surface area contributed by atoms with Crippen LogP contribution in [0.2, 0.25) is 0 Å². The molecular weight excluding hydrogens is 333 g/mol. The van der Waals surface area contributed by atoms with Crippen LogP contribution in [0.4, 0.5) is 9.18 Å². The van der Waals surface area contributed by atoms with Crippen molar-refractivity contribution >= 4 is 6.03 Å². The van der Waals surface area contributed by atoms with Crippen molar-refractivity contribution < 1.29 is 13.7 Å². The van der Waals surface area contributed by atoms with Gasteiger partial charge in [0.1, 0.15) is 11.5 Å². The number of carbonyl (C=O) groups excluding carboxylic acids is 1. The normalized spacial score (nSPS) is 11.8. The standard InChI is InChI=1S/C20H20FN3O2/c1-14(15-8-10-17(21)11-9-15)22-20(25)24(2)13-18-12-19(23-26-18)16-6-4-3-5-7-16/h3-12,14H,13H2,1-2H3,(H,22,25)/t14-/m1/s1. The number of carbonyl (C=O) groups is 1. The summed E-state index contributed by atoms with van der Waals surface area (Å²) in [5, 5.41) is 6.92. The van der Waals surface area contributed by atoms with Gasteiger partial charge in [-0.15, -0.1) is 0 Å². The molecule has 0 aliphatic heterocycles. The highest BCUT2D eigenvalue weighted by Gasteiger charge is 2.16. The van der Waals surface area contributed by atoms with Crippen molar-refractivity contribution in [3.63, 3.8) is 0 Å². The molecule has 0 fully saturated rings. The van der Waals surface area contributed by atoms with Gasteiger partial charge < -0.3 is 14.7 Å². The zero-order chi connectivity index (χ0) is 18.5. The Morgan fingerprint density at radius 3 is 2.58 bits per heavy atom. The number of aromatic nitrogens is 1. The third kappa shape index (κ3) is 4.27. The van der Waals surface area contributed by atoms with Crippen LogP contribution in [0.5, 0.6) is 0 Å². The van der Waals surface area contributed by atoms with Gasteiger partial charge in [-0.3, -0.25) is 0 Å². The first kappa shape index (κ1) is 17.7. The molecule has 1 heterocycles. The van der Waals surface area contributed by atoms with Gasteiger partial charge in [-0.1, -0.05) is 47.6 Å². The number of hydrogen-bond acceptors (Lipinski definition) is 3. The van der Waals surface area contributed by atoms with E-state index in [-0.39, 0.29) is 17.9 Å². The number of benzene rings is 2. The molecule has 134 valence electrons. The summed E-state index contributed by atoms with van der Waals surface area (Å²) < 4.78 is 18.3. The van der Waals surface area contributed by atoms with Crippen molar-refractivity contribution in [3.05, 3.63) is 77.8 Å². The minimum atomic E-state index is -0.302. The summed E-state index contributed by atoms with van der Waals surface area (Å²) >= 11 is 0. The van der Waals surface area contributed by atoms with Gasteiger partial charge in [0.25, 0.3) is 0 Å². The monoisotopic (exact) mass is 353 g/mol. The fraction of sp³-hybridized carbons (Fsp3) is 0.200. The summed E-state index contributed by atoms with van der Waals surface area (Å²) in [5.74, 6) is 0.292. The summed E-state index contributed by atoms with van der Waals surface area (Å²) in [6, 6.07) is 17.1. The highest BCUT2D eigenvalue weighted by molar-refractivity contribution is 5.74. The Bertz CT molecular complexity index is 862. The topological polar surface area (TPSA) is 58.4 Å². The van der Waals surface area contributed by atoms with Crippen LogP contribution in [0.15, 0.2) is 65.2 Å². The molecule has 2 amide bonds. The zero-order valence-corrected chi connectivity index (χ0v) is 14.6. The molecule has 0 unspecified atom stereocenters. The molecule has 3 aromatic rings. The Labute approximate surface area is 151 Å². The maximum atomic E-state index is 13.0. The lowest BCUT2D eigenvalue weighted by atomic mass is 10.1. The number of urea groups is 1. The number of hydrogen-bond donors (Lipinski definition) is 1. The zero-order valence-electron chi connectivity index (χ0n) is 14.6. The molecule has 1 N–H and O–H groups in total. The molecule has 0 aliphatic carbocycles. The molecule has 0 spiro atoms. The lowest BCUT2D eigenvalue weighted by Crippen LogP contribution is -2.38. The minimum absolute atomic E-state index is 0.236. The Hall–Kier alpha value is -3.15. The molecule has 1 atom stereocenters. The number of nitrogens with zero attached hydrogens (tertiary/aromatic N) is 2. The first-order valence-electron chi connectivity index (χ1n) is 8.31. The average molecular weight is 353 g/mol. The predicted molar refractivity (Wildman–Crippen MR) is 96.8 cm³/mol. The lowest BCUT2D eigenvalue weighted by molar-refractivity contribution is 0.197. The maximum Gasteiger partial charge on any atom is 0.318 e. The van der Waals surface area contributed by atoms with Crippen LogP contribution in [0.25, 0.3) is 11.3 Å². The Morgan fingerprint density at radius 2 is 1.88 bits per heavy atom. The fourth-order valence-corrected chi connectivity index (χ4v) is 2.57. The summed E-state index contributed by atoms with van der Waals surface area (Å²) in [6.07, 6.45) is 0. The summed E-state index contributed by atoms with van der Waals surface area (Å²) in [4.78, 5) is 13.9. The fourth-order valence-electron chi connectivity index (χ4n) is 2.57. The van der Waals surface area contributed by atoms with E-state index in [9.17, 15) is 9.18 Å². The summed E-state index contributed by atoms with van der Waals surface area (Å²) in [6.45, 7) is 2.14. The second kappa shape index (κ2) is 7.82. The van der Waals surface area contributed by atoms with Crippen LogP contribution in [0.1, 0.15) is 24.3 Å². The van der Waals surface area contributed by atoms with Crippen molar-refractivity contribution in [1.82, 2.24) is 15.4 Å². The van der Waals surface area contributed by atoms with Gasteiger partial charge in [-0.25, -0.2) is 9.18 Å². The first-order valence-corrected chi connectivity index (χ1v) is 8.31. The predicted octanol–water partition coefficient (Wildman–Crippen LogP) is 4.38. The first-order chi connectivity index (χ1) is 12.5. The second-order valence-corrected chi connectivity index (χ2v) is 6.12. The van der Waals surface area contributed by atoms with Crippen LogP contribution in [-0.2, 0) is 6.54 Å². The molecule has 2 aromatic carbocycles. The molecule has 1 aromatic heterocycles. The van der Waals surface area contributed by atoms with Crippen molar-refractivity contribution in [2.75, 3.05) is 7.05 Å². The minimum Gasteiger partial charge on any atom is -0.359 e. The summed E-state index contributed by atoms with van der Waals surface area (Å²) in [7, 11) is 1.68. The van der Waals surface area contributed by atoms with Crippen molar-refractivity contribution in [3.8, 4) is 11.3 Å². The van der Waals surface area contributed by atoms with Crippen LogP contribution in [0.3, 0.4) is 0 Å². The van der Waals surface area contributed by atoms with Gasteiger partial charge in [-0.2, -0.15) is 0 Å². The second-order valence-electron chi connectivity index (χ2n) is 6.12. The van der Waals surface area contributed by atoms with Gasteiger partial charge >= 0.3 is 6.03 Å². The van der Waals surface area contributed by atoms with Crippen molar-refractivity contribution in [2.24, 2.45) is 0 Å². The number of nitrogens with one attached hydrogen (secondary N) is 1. The van der Waals surface area contributed by atoms with Crippen LogP contribution >= 0.6 is 0 Å². The van der Waals surface area contributed by atoms with Crippen LogP contribution in [-0.4, -0.2) is 23.1 Å². The van der Waals surface area contributed by atoms with Gasteiger partial charge in [0.2, 0.25) is 0 Å². The Kier molecular flexibility index (Phi) is 5.31. The number of halogens is 1. The van der Waals surface area contributed by atoms with E-state index in [1.807, 2.05) is 43.3 Å². The number of amides is 2. The van der Waals surface area contributed by atoms with E-state index in [1.165, 1.54) is 17.0 Å². The van der Waals surface area contributed by atoms with Crippen LogP contribution < -0.4 is 5.32 Å². The largest absolute Gasteiger partial charge is 0.359 e. The molecule has 0 aliphatic rings. The lowest BCUT2D eigenvalue weighted by Gasteiger charge is -2.20. The Balaban J connectivity index is 1.59. The summed E-state index contributed by atoms with van der Waals surface area (Å²) in [5.41, 5.74) is 2.52. The van der Waals surface area contributed by atoms with Crippen LogP contribution in [0, 0.1) is 5.82 Å². The van der Waals surface area contributed by atoms with E-state index >= 15 is 0 Å². The Morgan fingerprint density at radius 1 is 1.19 bits per heavy atom. The highest BCUT2D eigenvalue weighted by atomic mass is 19.1. The molecule has 26 heavy (non-hydrogen) atoms. The van der Waals surface area contributed by atoms with E-state index in [0.717, 1.165) is 16.8 Å².